The molecule has 21 heavy (non-hydrogen) atoms. The van der Waals surface area contributed by atoms with Crippen molar-refractivity contribution in [2.75, 3.05) is 0 Å². The minimum absolute atomic E-state index is 0.0410. The van der Waals surface area contributed by atoms with Crippen molar-refractivity contribution in [1.29, 1.82) is 0 Å². The van der Waals surface area contributed by atoms with Crippen LogP contribution in [0.3, 0.4) is 0 Å². The van der Waals surface area contributed by atoms with Gasteiger partial charge in [0.25, 0.3) is 0 Å². The molecule has 1 aliphatic heterocycles. The Labute approximate surface area is 127 Å². The van der Waals surface area contributed by atoms with Gasteiger partial charge in [0, 0.05) is 6.04 Å². The zero-order valence-corrected chi connectivity index (χ0v) is 13.1. The lowest BCUT2D eigenvalue weighted by Gasteiger charge is -2.36. The van der Waals surface area contributed by atoms with E-state index in [2.05, 4.69) is 41.4 Å². The maximum absolute atomic E-state index is 12.7. The summed E-state index contributed by atoms with van der Waals surface area (Å²) >= 11 is 0. The van der Waals surface area contributed by atoms with Crippen molar-refractivity contribution < 1.29 is 4.79 Å². The van der Waals surface area contributed by atoms with E-state index >= 15 is 0 Å². The first kappa shape index (κ1) is 14.6. The molecule has 3 heteroatoms. The lowest BCUT2D eigenvalue weighted by Crippen LogP contribution is -2.43. The second-order valence-corrected chi connectivity index (χ2v) is 6.63. The molecule has 2 aliphatic rings. The topological polar surface area (TPSA) is 32.3 Å². The van der Waals surface area contributed by atoms with Gasteiger partial charge in [-0.2, -0.15) is 0 Å². The largest absolute Gasteiger partial charge is 0.318 e. The predicted octanol–water partition coefficient (Wildman–Crippen LogP) is 3.47. The van der Waals surface area contributed by atoms with E-state index in [-0.39, 0.29) is 18.1 Å². The molecule has 3 rings (SSSR count). The van der Waals surface area contributed by atoms with Crippen LogP contribution in [0.5, 0.6) is 0 Å². The first-order chi connectivity index (χ1) is 10.2. The summed E-state index contributed by atoms with van der Waals surface area (Å²) < 4.78 is 0. The Hall–Kier alpha value is -1.35. The number of amides is 1. The molecule has 2 fully saturated rings. The van der Waals surface area contributed by atoms with Crippen LogP contribution in [-0.2, 0) is 4.79 Å². The lowest BCUT2D eigenvalue weighted by molar-refractivity contribution is -0.133. The van der Waals surface area contributed by atoms with Crippen LogP contribution in [0.2, 0.25) is 0 Å². The van der Waals surface area contributed by atoms with Gasteiger partial charge in [-0.05, 0) is 31.2 Å². The highest BCUT2D eigenvalue weighted by Gasteiger charge is 2.42. The first-order valence-electron chi connectivity index (χ1n) is 8.31. The lowest BCUT2D eigenvalue weighted by atomic mass is 9.94. The summed E-state index contributed by atoms with van der Waals surface area (Å²) in [6, 6.07) is 10.7. The van der Waals surface area contributed by atoms with Gasteiger partial charge in [-0.3, -0.25) is 10.1 Å². The molecular formula is C18H26N2O. The number of carbonyl (C=O) groups excluding carboxylic acids is 1. The quantitative estimate of drug-likeness (QED) is 0.844. The van der Waals surface area contributed by atoms with Gasteiger partial charge in [0.05, 0.1) is 6.04 Å². The number of nitrogens with one attached hydrogen (secondary N) is 1. The molecule has 0 bridgehead atoms. The van der Waals surface area contributed by atoms with Crippen molar-refractivity contribution in [1.82, 2.24) is 10.2 Å². The Bertz CT molecular complexity index is 487. The van der Waals surface area contributed by atoms with Crippen LogP contribution < -0.4 is 5.32 Å². The van der Waals surface area contributed by atoms with Crippen molar-refractivity contribution in [3.05, 3.63) is 35.9 Å². The Morgan fingerprint density at radius 1 is 1.05 bits per heavy atom. The van der Waals surface area contributed by atoms with Gasteiger partial charge in [-0.25, -0.2) is 0 Å². The van der Waals surface area contributed by atoms with E-state index < -0.39 is 0 Å². The van der Waals surface area contributed by atoms with Gasteiger partial charge in [0.2, 0.25) is 5.91 Å². The van der Waals surface area contributed by atoms with Crippen molar-refractivity contribution >= 4 is 5.91 Å². The highest BCUT2D eigenvalue weighted by molar-refractivity contribution is 5.84. The maximum atomic E-state index is 12.7. The molecule has 114 valence electrons. The third-order valence-electron chi connectivity index (χ3n) is 5.10. The summed E-state index contributed by atoms with van der Waals surface area (Å²) in [5.74, 6) is 0.859. The van der Waals surface area contributed by atoms with E-state index in [0.717, 1.165) is 6.42 Å². The van der Waals surface area contributed by atoms with Gasteiger partial charge in [-0.15, -0.1) is 0 Å². The average molecular weight is 286 g/mol. The van der Waals surface area contributed by atoms with Crippen LogP contribution in [0.4, 0.5) is 0 Å². The number of benzene rings is 1. The monoisotopic (exact) mass is 286 g/mol. The van der Waals surface area contributed by atoms with Crippen molar-refractivity contribution in [2.24, 2.45) is 5.92 Å². The van der Waals surface area contributed by atoms with Gasteiger partial charge < -0.3 is 4.90 Å². The normalized spacial score (nSPS) is 34.0. The Kier molecular flexibility index (Phi) is 4.29. The van der Waals surface area contributed by atoms with Crippen LogP contribution in [0, 0.1) is 5.92 Å². The van der Waals surface area contributed by atoms with Gasteiger partial charge in [0.15, 0.2) is 0 Å². The van der Waals surface area contributed by atoms with Gasteiger partial charge >= 0.3 is 0 Å². The fraction of sp³-hybridized carbons (Fsp3) is 0.611. The summed E-state index contributed by atoms with van der Waals surface area (Å²) in [4.78, 5) is 14.9. The van der Waals surface area contributed by atoms with Gasteiger partial charge in [0.1, 0.15) is 6.17 Å². The molecule has 1 aromatic carbocycles. The zero-order valence-electron chi connectivity index (χ0n) is 13.1. The number of rotatable bonds is 2. The molecule has 0 aromatic heterocycles. The van der Waals surface area contributed by atoms with Crippen molar-refractivity contribution in [2.45, 2.75) is 64.2 Å². The van der Waals surface area contributed by atoms with Crippen LogP contribution in [0.25, 0.3) is 0 Å². The molecule has 1 heterocycles. The molecule has 4 unspecified atom stereocenters. The molecule has 1 saturated heterocycles. The first-order valence-corrected chi connectivity index (χ1v) is 8.31. The number of hydrogen-bond donors (Lipinski definition) is 1. The maximum Gasteiger partial charge on any atom is 0.241 e. The van der Waals surface area contributed by atoms with E-state index in [4.69, 9.17) is 0 Å². The second-order valence-electron chi connectivity index (χ2n) is 6.63. The second kappa shape index (κ2) is 6.18. The SMILES string of the molecule is CC1NC(c2ccccc2)N(C2CCCCCC2C)C1=O. The van der Waals surface area contributed by atoms with E-state index in [1.807, 2.05) is 13.0 Å². The van der Waals surface area contributed by atoms with Crippen LogP contribution in [-0.4, -0.2) is 22.9 Å². The molecule has 1 saturated carbocycles. The van der Waals surface area contributed by atoms with E-state index in [1.165, 1.54) is 31.2 Å². The van der Waals surface area contributed by atoms with Crippen LogP contribution in [0.15, 0.2) is 30.3 Å². The van der Waals surface area contributed by atoms with E-state index in [0.29, 0.717) is 12.0 Å². The fourth-order valence-electron chi connectivity index (χ4n) is 3.87. The molecule has 1 amide bonds. The highest BCUT2D eigenvalue weighted by Crippen LogP contribution is 2.35. The Morgan fingerprint density at radius 2 is 1.76 bits per heavy atom. The molecule has 0 radical (unpaired) electrons. The Balaban J connectivity index is 1.90. The minimum Gasteiger partial charge on any atom is -0.318 e. The standard InChI is InChI=1S/C18H26N2O/c1-13-9-5-3-8-12-16(13)20-17(19-14(2)18(20)21)15-10-6-4-7-11-15/h4,6-7,10-11,13-14,16-17,19H,3,5,8-9,12H2,1-2H3. The zero-order chi connectivity index (χ0) is 14.8. The summed E-state index contributed by atoms with van der Waals surface area (Å²) in [6.45, 7) is 4.30. The van der Waals surface area contributed by atoms with E-state index in [1.54, 1.807) is 0 Å². The minimum atomic E-state index is -0.0781. The van der Waals surface area contributed by atoms with Gasteiger partial charge in [-0.1, -0.05) is 56.5 Å². The van der Waals surface area contributed by atoms with E-state index in [9.17, 15) is 4.79 Å². The molecule has 1 aliphatic carbocycles. The van der Waals surface area contributed by atoms with Crippen molar-refractivity contribution in [3.8, 4) is 0 Å². The van der Waals surface area contributed by atoms with Crippen molar-refractivity contribution in [3.63, 3.8) is 0 Å². The predicted molar refractivity (Wildman–Crippen MR) is 84.7 cm³/mol. The highest BCUT2D eigenvalue weighted by atomic mass is 16.2. The third-order valence-corrected chi connectivity index (χ3v) is 5.10. The smallest absolute Gasteiger partial charge is 0.241 e. The number of carbonyl (C=O) groups is 1. The molecule has 1 aromatic rings. The number of hydrogen-bond acceptors (Lipinski definition) is 2. The summed E-state index contributed by atoms with van der Waals surface area (Å²) in [5.41, 5.74) is 1.20. The third kappa shape index (κ3) is 2.84. The molecule has 3 nitrogen and oxygen atoms in total. The summed E-state index contributed by atoms with van der Waals surface area (Å²) in [7, 11) is 0. The van der Waals surface area contributed by atoms with Crippen LogP contribution in [0.1, 0.15) is 57.7 Å². The average Bonchev–Trinajstić information content (AvgIpc) is 2.66. The Morgan fingerprint density at radius 3 is 2.52 bits per heavy atom. The molecular weight excluding hydrogens is 260 g/mol. The summed E-state index contributed by atoms with van der Waals surface area (Å²) in [5, 5.41) is 3.48. The molecule has 1 N–H and O–H groups in total. The molecule has 0 spiro atoms. The van der Waals surface area contributed by atoms with Crippen LogP contribution >= 0.6 is 0 Å². The summed E-state index contributed by atoms with van der Waals surface area (Å²) in [6.07, 6.45) is 6.28. The number of nitrogens with zero attached hydrogens (tertiary/aromatic N) is 1. The fourth-order valence-corrected chi connectivity index (χ4v) is 3.87. The molecule has 4 atom stereocenters.